The number of anilines is 1. The van der Waals surface area contributed by atoms with E-state index in [0.717, 1.165) is 0 Å². The highest BCUT2D eigenvalue weighted by molar-refractivity contribution is 5.64. The fraction of sp³-hybridized carbons (Fsp3) is 0.455. The summed E-state index contributed by atoms with van der Waals surface area (Å²) in [5, 5.41) is 31.6. The van der Waals surface area contributed by atoms with Crippen molar-refractivity contribution in [3.8, 4) is 6.07 Å². The predicted molar refractivity (Wildman–Crippen MR) is 65.0 cm³/mol. The Morgan fingerprint density at radius 2 is 2.33 bits per heavy atom. The summed E-state index contributed by atoms with van der Waals surface area (Å²) in [7, 11) is 0. The Balaban J connectivity index is 3.18. The predicted octanol–water partition coefficient (Wildman–Crippen LogP) is 1.43. The Labute approximate surface area is 104 Å². The van der Waals surface area contributed by atoms with Gasteiger partial charge in [-0.25, -0.2) is 4.98 Å². The van der Waals surface area contributed by atoms with Crippen LogP contribution < -0.4 is 5.32 Å². The number of hydrogen-bond acceptors (Lipinski definition) is 6. The van der Waals surface area contributed by atoms with Crippen molar-refractivity contribution in [3.05, 3.63) is 27.9 Å². The maximum atomic E-state index is 11.0. The Morgan fingerprint density at radius 3 is 2.83 bits per heavy atom. The number of aliphatic hydroxyl groups is 1. The molecule has 0 unspecified atom stereocenters. The van der Waals surface area contributed by atoms with E-state index in [-0.39, 0.29) is 23.7 Å². The number of nitriles is 1. The Kier molecular flexibility index (Phi) is 4.18. The van der Waals surface area contributed by atoms with Crippen LogP contribution in [0.15, 0.2) is 12.3 Å². The van der Waals surface area contributed by atoms with Crippen molar-refractivity contribution in [1.82, 2.24) is 4.98 Å². The number of rotatable bonds is 5. The first-order valence-corrected chi connectivity index (χ1v) is 5.34. The average Bonchev–Trinajstić information content (AvgIpc) is 2.27. The molecule has 0 bridgehead atoms. The average molecular weight is 250 g/mol. The molecule has 96 valence electrons. The summed E-state index contributed by atoms with van der Waals surface area (Å²) >= 11 is 0. The molecule has 1 heterocycles. The van der Waals surface area contributed by atoms with Gasteiger partial charge < -0.3 is 10.4 Å². The van der Waals surface area contributed by atoms with Crippen LogP contribution in [-0.2, 0) is 0 Å². The van der Waals surface area contributed by atoms with E-state index in [0.29, 0.717) is 6.42 Å². The van der Waals surface area contributed by atoms with E-state index in [4.69, 9.17) is 10.4 Å². The van der Waals surface area contributed by atoms with Gasteiger partial charge in [-0.3, -0.25) is 10.1 Å². The Morgan fingerprint density at radius 1 is 1.67 bits per heavy atom. The summed E-state index contributed by atoms with van der Waals surface area (Å²) in [4.78, 5) is 14.2. The lowest BCUT2D eigenvalue weighted by Crippen LogP contribution is -2.32. The molecule has 0 atom stereocenters. The molecule has 0 fully saturated rings. The second-order valence-electron chi connectivity index (χ2n) is 4.41. The molecule has 2 N–H and O–H groups in total. The standard InChI is InChI=1S/C11H14N4O3/c1-11(2,4-6-16)14-10-9(15(17)18)8(7-12)3-5-13-10/h3,5,16H,4,6H2,1-2H3,(H,13,14). The first kappa shape index (κ1) is 13.9. The molecule has 0 saturated heterocycles. The van der Waals surface area contributed by atoms with E-state index in [1.165, 1.54) is 12.3 Å². The molecule has 0 aromatic carbocycles. The van der Waals surface area contributed by atoms with Crippen molar-refractivity contribution in [1.29, 1.82) is 5.26 Å². The highest BCUT2D eigenvalue weighted by Crippen LogP contribution is 2.28. The van der Waals surface area contributed by atoms with Crippen LogP contribution in [0.25, 0.3) is 0 Å². The smallest absolute Gasteiger partial charge is 0.328 e. The third-order valence-corrected chi connectivity index (χ3v) is 2.42. The molecule has 0 radical (unpaired) electrons. The highest BCUT2D eigenvalue weighted by atomic mass is 16.6. The first-order chi connectivity index (χ1) is 8.41. The summed E-state index contributed by atoms with van der Waals surface area (Å²) < 4.78 is 0. The molecule has 1 rings (SSSR count). The van der Waals surface area contributed by atoms with Crippen LogP contribution in [-0.4, -0.2) is 27.2 Å². The Bertz CT molecular complexity index is 494. The van der Waals surface area contributed by atoms with Gasteiger partial charge in [0, 0.05) is 18.3 Å². The van der Waals surface area contributed by atoms with Gasteiger partial charge in [0.2, 0.25) is 5.82 Å². The molecule has 7 heteroatoms. The first-order valence-electron chi connectivity index (χ1n) is 5.34. The van der Waals surface area contributed by atoms with Crippen molar-refractivity contribution in [2.75, 3.05) is 11.9 Å². The fourth-order valence-electron chi connectivity index (χ4n) is 1.48. The quantitative estimate of drug-likeness (QED) is 0.604. The van der Waals surface area contributed by atoms with E-state index >= 15 is 0 Å². The zero-order valence-electron chi connectivity index (χ0n) is 10.2. The molecule has 0 aliphatic carbocycles. The van der Waals surface area contributed by atoms with Crippen molar-refractivity contribution >= 4 is 11.5 Å². The molecule has 0 aliphatic rings. The third kappa shape index (κ3) is 3.15. The minimum atomic E-state index is -0.636. The van der Waals surface area contributed by atoms with Gasteiger partial charge in [-0.2, -0.15) is 5.26 Å². The van der Waals surface area contributed by atoms with Gasteiger partial charge in [-0.1, -0.05) is 0 Å². The molecule has 0 amide bonds. The van der Waals surface area contributed by atoms with Gasteiger partial charge >= 0.3 is 5.69 Å². The van der Waals surface area contributed by atoms with Gasteiger partial charge in [0.25, 0.3) is 0 Å². The maximum Gasteiger partial charge on any atom is 0.328 e. The van der Waals surface area contributed by atoms with Crippen molar-refractivity contribution in [2.45, 2.75) is 25.8 Å². The number of nitro groups is 1. The summed E-state index contributed by atoms with van der Waals surface area (Å²) in [5.41, 5.74) is -0.941. The lowest BCUT2D eigenvalue weighted by molar-refractivity contribution is -0.384. The van der Waals surface area contributed by atoms with Crippen LogP contribution in [0.4, 0.5) is 11.5 Å². The second-order valence-corrected chi connectivity index (χ2v) is 4.41. The van der Waals surface area contributed by atoms with Crippen molar-refractivity contribution < 1.29 is 10.0 Å². The molecular formula is C11H14N4O3. The molecule has 0 aliphatic heterocycles. The molecule has 0 spiro atoms. The summed E-state index contributed by atoms with van der Waals surface area (Å²) in [6.07, 6.45) is 1.74. The van der Waals surface area contributed by atoms with E-state index < -0.39 is 10.5 Å². The minimum absolute atomic E-state index is 0.0394. The molecule has 18 heavy (non-hydrogen) atoms. The van der Waals surface area contributed by atoms with E-state index in [2.05, 4.69) is 10.3 Å². The summed E-state index contributed by atoms with van der Waals surface area (Å²) in [5.74, 6) is 0.0394. The number of pyridine rings is 1. The van der Waals surface area contributed by atoms with E-state index in [9.17, 15) is 10.1 Å². The number of nitrogens with one attached hydrogen (secondary N) is 1. The van der Waals surface area contributed by atoms with Crippen LogP contribution in [0, 0.1) is 21.4 Å². The monoisotopic (exact) mass is 250 g/mol. The van der Waals surface area contributed by atoms with Gasteiger partial charge in [0.15, 0.2) is 0 Å². The van der Waals surface area contributed by atoms with E-state index in [1.54, 1.807) is 19.9 Å². The van der Waals surface area contributed by atoms with Crippen molar-refractivity contribution in [3.63, 3.8) is 0 Å². The molecule has 1 aromatic rings. The van der Waals surface area contributed by atoms with Gasteiger partial charge in [0.1, 0.15) is 11.6 Å². The van der Waals surface area contributed by atoms with Gasteiger partial charge in [-0.05, 0) is 26.3 Å². The van der Waals surface area contributed by atoms with Crippen LogP contribution in [0.5, 0.6) is 0 Å². The van der Waals surface area contributed by atoms with Crippen molar-refractivity contribution in [2.24, 2.45) is 0 Å². The largest absolute Gasteiger partial charge is 0.396 e. The zero-order valence-corrected chi connectivity index (χ0v) is 10.2. The fourth-order valence-corrected chi connectivity index (χ4v) is 1.48. The lowest BCUT2D eigenvalue weighted by atomic mass is 10.0. The number of aromatic nitrogens is 1. The normalized spacial score (nSPS) is 10.8. The topological polar surface area (TPSA) is 112 Å². The van der Waals surface area contributed by atoms with Crippen LogP contribution in [0.3, 0.4) is 0 Å². The summed E-state index contributed by atoms with van der Waals surface area (Å²) in [6, 6.07) is 3.06. The Hall–Kier alpha value is -2.20. The zero-order chi connectivity index (χ0) is 13.8. The lowest BCUT2D eigenvalue weighted by Gasteiger charge is -2.25. The highest BCUT2D eigenvalue weighted by Gasteiger charge is 2.26. The van der Waals surface area contributed by atoms with Gasteiger partial charge in [0.05, 0.1) is 4.92 Å². The second kappa shape index (κ2) is 5.42. The van der Waals surface area contributed by atoms with E-state index in [1.807, 2.05) is 0 Å². The van der Waals surface area contributed by atoms with Gasteiger partial charge in [-0.15, -0.1) is 0 Å². The molecule has 1 aromatic heterocycles. The minimum Gasteiger partial charge on any atom is -0.396 e. The summed E-state index contributed by atoms with van der Waals surface area (Å²) in [6.45, 7) is 3.52. The SMILES string of the molecule is CC(C)(CCO)Nc1nccc(C#N)c1[N+](=O)[O-]. The van der Waals surface area contributed by atoms with Crippen LogP contribution >= 0.6 is 0 Å². The number of nitrogens with zero attached hydrogens (tertiary/aromatic N) is 3. The number of hydrogen-bond donors (Lipinski definition) is 2. The van der Waals surface area contributed by atoms with Crippen LogP contribution in [0.1, 0.15) is 25.8 Å². The molecule has 7 nitrogen and oxygen atoms in total. The maximum absolute atomic E-state index is 11.0. The third-order valence-electron chi connectivity index (χ3n) is 2.42. The molecule has 0 saturated carbocycles. The number of aliphatic hydroxyl groups excluding tert-OH is 1. The molecular weight excluding hydrogens is 236 g/mol. The van der Waals surface area contributed by atoms with Crippen LogP contribution in [0.2, 0.25) is 0 Å².